The van der Waals surface area contributed by atoms with Gasteiger partial charge in [0, 0.05) is 28.3 Å². The van der Waals surface area contributed by atoms with Crippen molar-refractivity contribution in [3.63, 3.8) is 0 Å². The molecular formula is C19H19ClN2S. The first-order chi connectivity index (χ1) is 11.1. The standard InChI is InChI=1S/C19H19ClN2S/c1-22(2)10-11-23-19-17(14-6-4-3-5-7-14)13-15-12-16(20)8-9-18(15)21-19/h3-9,12-13H,10-11H2,1-2H3. The maximum absolute atomic E-state index is 6.14. The number of hydrogen-bond donors (Lipinski definition) is 0. The van der Waals surface area contributed by atoms with Gasteiger partial charge in [-0.05, 0) is 43.9 Å². The van der Waals surface area contributed by atoms with Crippen molar-refractivity contribution in [2.75, 3.05) is 26.4 Å². The minimum atomic E-state index is 0.742. The number of rotatable bonds is 5. The van der Waals surface area contributed by atoms with Gasteiger partial charge in [0.2, 0.25) is 0 Å². The predicted molar refractivity (Wildman–Crippen MR) is 101 cm³/mol. The third-order valence-corrected chi connectivity index (χ3v) is 4.81. The molecule has 0 radical (unpaired) electrons. The monoisotopic (exact) mass is 342 g/mol. The zero-order valence-electron chi connectivity index (χ0n) is 13.3. The smallest absolute Gasteiger partial charge is 0.105 e. The fraction of sp³-hybridized carbons (Fsp3) is 0.211. The van der Waals surface area contributed by atoms with Crippen LogP contribution in [0.4, 0.5) is 0 Å². The number of aromatic nitrogens is 1. The lowest BCUT2D eigenvalue weighted by atomic mass is 10.1. The fourth-order valence-electron chi connectivity index (χ4n) is 2.39. The summed E-state index contributed by atoms with van der Waals surface area (Å²) >= 11 is 7.94. The lowest BCUT2D eigenvalue weighted by Crippen LogP contribution is -2.14. The molecule has 0 aliphatic rings. The van der Waals surface area contributed by atoms with Crippen molar-refractivity contribution in [3.8, 4) is 11.1 Å². The minimum absolute atomic E-state index is 0.742. The maximum Gasteiger partial charge on any atom is 0.105 e. The van der Waals surface area contributed by atoms with Gasteiger partial charge in [0.1, 0.15) is 5.03 Å². The molecule has 118 valence electrons. The molecule has 0 aliphatic carbocycles. The first kappa shape index (κ1) is 16.3. The fourth-order valence-corrected chi connectivity index (χ4v) is 3.71. The van der Waals surface area contributed by atoms with Crippen LogP contribution >= 0.6 is 23.4 Å². The van der Waals surface area contributed by atoms with Gasteiger partial charge in [-0.1, -0.05) is 41.9 Å². The van der Waals surface area contributed by atoms with Crippen molar-refractivity contribution in [1.82, 2.24) is 9.88 Å². The summed E-state index contributed by atoms with van der Waals surface area (Å²) in [5.74, 6) is 1.01. The molecule has 4 heteroatoms. The topological polar surface area (TPSA) is 16.1 Å². The summed E-state index contributed by atoms with van der Waals surface area (Å²) in [6.07, 6.45) is 0. The van der Waals surface area contributed by atoms with Crippen LogP contribution in [0.3, 0.4) is 0 Å². The van der Waals surface area contributed by atoms with Crippen molar-refractivity contribution in [2.24, 2.45) is 0 Å². The van der Waals surface area contributed by atoms with Gasteiger partial charge < -0.3 is 4.90 Å². The molecule has 23 heavy (non-hydrogen) atoms. The van der Waals surface area contributed by atoms with Crippen molar-refractivity contribution < 1.29 is 0 Å². The van der Waals surface area contributed by atoms with Crippen LogP contribution in [0.2, 0.25) is 5.02 Å². The van der Waals surface area contributed by atoms with E-state index in [1.54, 1.807) is 11.8 Å². The highest BCUT2D eigenvalue weighted by atomic mass is 35.5. The number of benzene rings is 2. The number of nitrogens with zero attached hydrogens (tertiary/aromatic N) is 2. The second-order valence-electron chi connectivity index (χ2n) is 5.70. The number of pyridine rings is 1. The molecule has 0 N–H and O–H groups in total. The lowest BCUT2D eigenvalue weighted by Gasteiger charge is -2.13. The number of fused-ring (bicyclic) bond motifs is 1. The van der Waals surface area contributed by atoms with Crippen molar-refractivity contribution >= 4 is 34.3 Å². The number of halogens is 1. The molecule has 0 fully saturated rings. The molecule has 0 saturated heterocycles. The predicted octanol–water partition coefficient (Wildman–Crippen LogP) is 5.21. The third-order valence-electron chi connectivity index (χ3n) is 3.60. The van der Waals surface area contributed by atoms with E-state index in [1.165, 1.54) is 11.1 Å². The minimum Gasteiger partial charge on any atom is -0.309 e. The molecule has 2 nitrogen and oxygen atoms in total. The van der Waals surface area contributed by atoms with Crippen LogP contribution < -0.4 is 0 Å². The van der Waals surface area contributed by atoms with Crippen LogP contribution in [0.15, 0.2) is 59.6 Å². The normalized spacial score (nSPS) is 11.3. The maximum atomic E-state index is 6.14. The second kappa shape index (κ2) is 7.35. The Hall–Kier alpha value is -1.55. The van der Waals surface area contributed by atoms with Crippen molar-refractivity contribution in [1.29, 1.82) is 0 Å². The Kier molecular flexibility index (Phi) is 5.21. The van der Waals surface area contributed by atoms with E-state index < -0.39 is 0 Å². The number of thioether (sulfide) groups is 1. The van der Waals surface area contributed by atoms with Gasteiger partial charge in [0.25, 0.3) is 0 Å². The van der Waals surface area contributed by atoms with Crippen LogP contribution in [-0.2, 0) is 0 Å². The largest absolute Gasteiger partial charge is 0.309 e. The van der Waals surface area contributed by atoms with Crippen LogP contribution in [0.25, 0.3) is 22.0 Å². The Labute approximate surface area is 146 Å². The highest BCUT2D eigenvalue weighted by Gasteiger charge is 2.10. The molecule has 0 amide bonds. The molecule has 0 aliphatic heterocycles. The van der Waals surface area contributed by atoms with Gasteiger partial charge in [-0.25, -0.2) is 4.98 Å². The molecule has 2 aromatic carbocycles. The molecule has 1 heterocycles. The summed E-state index contributed by atoms with van der Waals surface area (Å²) < 4.78 is 0. The molecule has 0 unspecified atom stereocenters. The highest BCUT2D eigenvalue weighted by Crippen LogP contribution is 2.33. The molecule has 1 aromatic heterocycles. The molecule has 0 atom stereocenters. The van der Waals surface area contributed by atoms with E-state index in [0.29, 0.717) is 0 Å². The van der Waals surface area contributed by atoms with Gasteiger partial charge in [-0.2, -0.15) is 0 Å². The van der Waals surface area contributed by atoms with E-state index in [-0.39, 0.29) is 0 Å². The van der Waals surface area contributed by atoms with Crippen molar-refractivity contribution in [3.05, 3.63) is 59.6 Å². The Bertz CT molecular complexity index is 803. The number of hydrogen-bond acceptors (Lipinski definition) is 3. The Balaban J connectivity index is 2.05. The molecule has 0 bridgehead atoms. The second-order valence-corrected chi connectivity index (χ2v) is 7.22. The summed E-state index contributed by atoms with van der Waals surface area (Å²) in [6.45, 7) is 1.03. The van der Waals surface area contributed by atoms with Crippen LogP contribution in [-0.4, -0.2) is 36.3 Å². The first-order valence-corrected chi connectivity index (χ1v) is 8.93. The molecule has 0 spiro atoms. The first-order valence-electron chi connectivity index (χ1n) is 7.57. The van der Waals surface area contributed by atoms with Crippen LogP contribution in [0.5, 0.6) is 0 Å². The van der Waals surface area contributed by atoms with Crippen molar-refractivity contribution in [2.45, 2.75) is 5.03 Å². The van der Waals surface area contributed by atoms with Gasteiger partial charge in [0.15, 0.2) is 0 Å². The van der Waals surface area contributed by atoms with Gasteiger partial charge >= 0.3 is 0 Å². The lowest BCUT2D eigenvalue weighted by molar-refractivity contribution is 0.437. The van der Waals surface area contributed by atoms with Crippen LogP contribution in [0.1, 0.15) is 0 Å². The molecule has 3 rings (SSSR count). The van der Waals surface area contributed by atoms with E-state index in [4.69, 9.17) is 16.6 Å². The zero-order valence-corrected chi connectivity index (χ0v) is 14.9. The third kappa shape index (κ3) is 4.05. The van der Waals surface area contributed by atoms with E-state index in [2.05, 4.69) is 49.3 Å². The molecule has 3 aromatic rings. The zero-order chi connectivity index (χ0) is 16.2. The SMILES string of the molecule is CN(C)CCSc1nc2ccc(Cl)cc2cc1-c1ccccc1. The van der Waals surface area contributed by atoms with E-state index >= 15 is 0 Å². The summed E-state index contributed by atoms with van der Waals surface area (Å²) in [7, 11) is 4.18. The Morgan fingerprint density at radius 3 is 2.57 bits per heavy atom. The van der Waals surface area contributed by atoms with E-state index in [0.717, 1.165) is 33.2 Å². The van der Waals surface area contributed by atoms with Crippen LogP contribution in [0, 0.1) is 0 Å². The summed E-state index contributed by atoms with van der Waals surface area (Å²) in [5, 5.41) is 2.90. The molecular weight excluding hydrogens is 324 g/mol. The highest BCUT2D eigenvalue weighted by molar-refractivity contribution is 7.99. The quantitative estimate of drug-likeness (QED) is 0.592. The Morgan fingerprint density at radius 1 is 1.04 bits per heavy atom. The summed E-state index contributed by atoms with van der Waals surface area (Å²) in [4.78, 5) is 7.07. The molecule has 0 saturated carbocycles. The van der Waals surface area contributed by atoms with E-state index in [1.807, 2.05) is 24.3 Å². The summed E-state index contributed by atoms with van der Waals surface area (Å²) in [6, 6.07) is 18.5. The average molecular weight is 343 g/mol. The Morgan fingerprint density at radius 2 is 1.83 bits per heavy atom. The summed E-state index contributed by atoms with van der Waals surface area (Å²) in [5.41, 5.74) is 3.35. The van der Waals surface area contributed by atoms with Gasteiger partial charge in [-0.15, -0.1) is 11.8 Å². The average Bonchev–Trinajstić information content (AvgIpc) is 2.55. The van der Waals surface area contributed by atoms with Gasteiger partial charge in [0.05, 0.1) is 5.52 Å². The van der Waals surface area contributed by atoms with E-state index in [9.17, 15) is 0 Å². The van der Waals surface area contributed by atoms with Gasteiger partial charge in [-0.3, -0.25) is 0 Å².